The van der Waals surface area contributed by atoms with E-state index in [0.29, 0.717) is 0 Å². The van der Waals surface area contributed by atoms with Crippen molar-refractivity contribution < 1.29 is 23.1 Å². The van der Waals surface area contributed by atoms with Gasteiger partial charge in [-0.15, -0.1) is 0 Å². The Bertz CT molecular complexity index is 353. The number of carbonyl (C=O) groups is 2. The monoisotopic (exact) mass is 264 g/mol. The molecular formula is C11H18F2N2O3. The molecule has 0 spiro atoms. The predicted molar refractivity (Wildman–Crippen MR) is 60.4 cm³/mol. The molecule has 0 aromatic heterocycles. The number of hydrogen-bond acceptors (Lipinski definition) is 3. The Hall–Kier alpha value is -1.40. The van der Waals surface area contributed by atoms with Crippen LogP contribution in [-0.2, 0) is 9.53 Å². The minimum atomic E-state index is -3.06. The van der Waals surface area contributed by atoms with E-state index in [2.05, 4.69) is 5.32 Å². The van der Waals surface area contributed by atoms with Crippen LogP contribution in [0.25, 0.3) is 0 Å². The van der Waals surface area contributed by atoms with Crippen molar-refractivity contribution in [2.75, 3.05) is 13.6 Å². The molecule has 0 aromatic rings. The first-order valence-electron chi connectivity index (χ1n) is 5.65. The molecule has 5 nitrogen and oxygen atoms in total. The van der Waals surface area contributed by atoms with Crippen molar-refractivity contribution in [2.45, 2.75) is 44.8 Å². The Morgan fingerprint density at radius 2 is 1.94 bits per heavy atom. The molecular weight excluding hydrogens is 246 g/mol. The molecule has 0 saturated carbocycles. The number of likely N-dealkylation sites (N-methyl/N-ethyl adjacent to an activating group) is 1. The van der Waals surface area contributed by atoms with Crippen LogP contribution in [0.15, 0.2) is 0 Å². The van der Waals surface area contributed by atoms with Gasteiger partial charge in [-0.1, -0.05) is 0 Å². The second-order valence-electron chi connectivity index (χ2n) is 5.30. The standard InChI is InChI=1S/C11H18F2N2O3/c1-10(2,3)18-9(17)15-6-11(12,13)5-7(15)8(16)14-4/h7H,5-6H2,1-4H3,(H,14,16). The highest BCUT2D eigenvalue weighted by Crippen LogP contribution is 2.33. The van der Waals surface area contributed by atoms with Gasteiger partial charge in [0.2, 0.25) is 5.91 Å². The lowest BCUT2D eigenvalue weighted by Gasteiger charge is -2.27. The largest absolute Gasteiger partial charge is 0.444 e. The molecule has 1 atom stereocenters. The molecule has 1 unspecified atom stereocenters. The Labute approximate surface area is 104 Å². The second kappa shape index (κ2) is 4.70. The van der Waals surface area contributed by atoms with Gasteiger partial charge in [0, 0.05) is 13.5 Å². The Kier molecular flexibility index (Phi) is 3.83. The van der Waals surface area contributed by atoms with Gasteiger partial charge in [0.05, 0.1) is 6.54 Å². The summed E-state index contributed by atoms with van der Waals surface area (Å²) in [4.78, 5) is 24.0. The lowest BCUT2D eigenvalue weighted by molar-refractivity contribution is -0.125. The van der Waals surface area contributed by atoms with Gasteiger partial charge in [0.1, 0.15) is 11.6 Å². The fourth-order valence-electron chi connectivity index (χ4n) is 1.73. The first kappa shape index (κ1) is 14.7. The van der Waals surface area contributed by atoms with E-state index in [1.54, 1.807) is 20.8 Å². The van der Waals surface area contributed by atoms with E-state index >= 15 is 0 Å². The van der Waals surface area contributed by atoms with Crippen molar-refractivity contribution in [3.8, 4) is 0 Å². The minimum absolute atomic E-state index is 0.613. The van der Waals surface area contributed by atoms with Crippen molar-refractivity contribution in [2.24, 2.45) is 0 Å². The van der Waals surface area contributed by atoms with Crippen LogP contribution >= 0.6 is 0 Å². The van der Waals surface area contributed by atoms with Crippen molar-refractivity contribution in [3.05, 3.63) is 0 Å². The third-order valence-electron chi connectivity index (χ3n) is 2.45. The Morgan fingerprint density at radius 3 is 2.39 bits per heavy atom. The van der Waals surface area contributed by atoms with Crippen molar-refractivity contribution in [1.82, 2.24) is 10.2 Å². The number of alkyl halides is 2. The average Bonchev–Trinajstić information content (AvgIpc) is 2.51. The molecule has 0 aromatic carbocycles. The molecule has 7 heteroatoms. The lowest BCUT2D eigenvalue weighted by atomic mass is 10.2. The first-order chi connectivity index (χ1) is 8.06. The van der Waals surface area contributed by atoms with Crippen LogP contribution in [0.5, 0.6) is 0 Å². The molecule has 104 valence electrons. The maximum Gasteiger partial charge on any atom is 0.411 e. The van der Waals surface area contributed by atoms with Crippen LogP contribution in [-0.4, -0.2) is 48.1 Å². The van der Waals surface area contributed by atoms with Gasteiger partial charge in [-0.05, 0) is 20.8 Å². The van der Waals surface area contributed by atoms with E-state index in [1.165, 1.54) is 7.05 Å². The summed E-state index contributed by atoms with van der Waals surface area (Å²) in [6, 6.07) is -1.18. The average molecular weight is 264 g/mol. The molecule has 0 bridgehead atoms. The zero-order valence-electron chi connectivity index (χ0n) is 10.9. The fourth-order valence-corrected chi connectivity index (χ4v) is 1.73. The van der Waals surface area contributed by atoms with Crippen LogP contribution in [0.3, 0.4) is 0 Å². The fraction of sp³-hybridized carbons (Fsp3) is 0.818. The van der Waals surface area contributed by atoms with E-state index < -0.39 is 42.5 Å². The maximum absolute atomic E-state index is 13.3. The third kappa shape index (κ3) is 3.54. The van der Waals surface area contributed by atoms with Gasteiger partial charge in [0.15, 0.2) is 0 Å². The number of nitrogens with zero attached hydrogens (tertiary/aromatic N) is 1. The molecule has 1 fully saturated rings. The van der Waals surface area contributed by atoms with Crippen molar-refractivity contribution in [3.63, 3.8) is 0 Å². The minimum Gasteiger partial charge on any atom is -0.444 e. The zero-order chi connectivity index (χ0) is 14.1. The van der Waals surface area contributed by atoms with Crippen LogP contribution in [0, 0.1) is 0 Å². The van der Waals surface area contributed by atoms with Gasteiger partial charge in [0.25, 0.3) is 5.92 Å². The van der Waals surface area contributed by atoms with Crippen LogP contribution in [0.2, 0.25) is 0 Å². The molecule has 0 aliphatic carbocycles. The van der Waals surface area contributed by atoms with Gasteiger partial charge in [-0.2, -0.15) is 0 Å². The van der Waals surface area contributed by atoms with E-state index in [0.717, 1.165) is 4.90 Å². The van der Waals surface area contributed by atoms with E-state index in [1.807, 2.05) is 0 Å². The summed E-state index contributed by atoms with van der Waals surface area (Å²) in [6.07, 6.45) is -1.57. The maximum atomic E-state index is 13.3. The lowest BCUT2D eigenvalue weighted by Crippen LogP contribution is -2.46. The summed E-state index contributed by atoms with van der Waals surface area (Å²) < 4.78 is 31.6. The van der Waals surface area contributed by atoms with Crippen LogP contribution < -0.4 is 5.32 Å². The number of nitrogens with one attached hydrogen (secondary N) is 1. The molecule has 1 aliphatic rings. The second-order valence-corrected chi connectivity index (χ2v) is 5.30. The predicted octanol–water partition coefficient (Wildman–Crippen LogP) is 1.38. The summed E-state index contributed by atoms with van der Waals surface area (Å²) >= 11 is 0. The number of hydrogen-bond donors (Lipinski definition) is 1. The number of ether oxygens (including phenoxy) is 1. The zero-order valence-corrected chi connectivity index (χ0v) is 10.9. The Morgan fingerprint density at radius 1 is 1.39 bits per heavy atom. The SMILES string of the molecule is CNC(=O)C1CC(F)(F)CN1C(=O)OC(C)(C)C. The van der Waals surface area contributed by atoms with Gasteiger partial charge < -0.3 is 10.1 Å². The number of rotatable bonds is 1. The highest BCUT2D eigenvalue weighted by Gasteiger charge is 2.50. The van der Waals surface area contributed by atoms with Crippen molar-refractivity contribution in [1.29, 1.82) is 0 Å². The van der Waals surface area contributed by atoms with Gasteiger partial charge in [-0.25, -0.2) is 13.6 Å². The van der Waals surface area contributed by atoms with E-state index in [9.17, 15) is 18.4 Å². The normalized spacial score (nSPS) is 22.8. The van der Waals surface area contributed by atoms with Gasteiger partial charge in [-0.3, -0.25) is 9.69 Å². The highest BCUT2D eigenvalue weighted by atomic mass is 19.3. The first-order valence-corrected chi connectivity index (χ1v) is 5.65. The van der Waals surface area contributed by atoms with Crippen LogP contribution in [0.4, 0.5) is 13.6 Å². The smallest absolute Gasteiger partial charge is 0.411 e. The Balaban J connectivity index is 2.84. The molecule has 0 radical (unpaired) electrons. The third-order valence-corrected chi connectivity index (χ3v) is 2.45. The summed E-state index contributed by atoms with van der Waals surface area (Å²) in [6.45, 7) is 4.11. The molecule has 18 heavy (non-hydrogen) atoms. The molecule has 1 aliphatic heterocycles. The molecule has 1 saturated heterocycles. The molecule has 2 amide bonds. The number of likely N-dealkylation sites (tertiary alicyclic amines) is 1. The topological polar surface area (TPSA) is 58.6 Å². The highest BCUT2D eigenvalue weighted by molar-refractivity contribution is 5.86. The summed E-state index contributed by atoms with van der Waals surface area (Å²) in [5, 5.41) is 2.27. The quantitative estimate of drug-likeness (QED) is 0.778. The number of carbonyl (C=O) groups excluding carboxylic acids is 2. The summed E-state index contributed by atoms with van der Waals surface area (Å²) in [7, 11) is 1.34. The van der Waals surface area contributed by atoms with Crippen LogP contribution in [0.1, 0.15) is 27.2 Å². The molecule has 1 rings (SSSR count). The number of halogens is 2. The summed E-state index contributed by atoms with van der Waals surface area (Å²) in [5.74, 6) is -3.67. The number of amides is 2. The van der Waals surface area contributed by atoms with E-state index in [4.69, 9.17) is 4.74 Å². The van der Waals surface area contributed by atoms with E-state index in [-0.39, 0.29) is 0 Å². The van der Waals surface area contributed by atoms with Gasteiger partial charge >= 0.3 is 6.09 Å². The molecule has 1 heterocycles. The molecule has 1 N–H and O–H groups in total. The summed E-state index contributed by atoms with van der Waals surface area (Å²) in [5.41, 5.74) is -0.789. The van der Waals surface area contributed by atoms with Crippen molar-refractivity contribution >= 4 is 12.0 Å².